The lowest BCUT2D eigenvalue weighted by Gasteiger charge is -2.45. The Labute approximate surface area is 171 Å². The van der Waals surface area contributed by atoms with Crippen molar-refractivity contribution < 1.29 is 34.8 Å². The number of nitrogens with zero attached hydrogens (tertiary/aromatic N) is 1. The third kappa shape index (κ3) is 2.41. The molecule has 0 aliphatic heterocycles. The highest BCUT2D eigenvalue weighted by Gasteiger charge is 2.59. The summed E-state index contributed by atoms with van der Waals surface area (Å²) in [6, 6.07) is 3.06. The molecule has 2 unspecified atom stereocenters. The van der Waals surface area contributed by atoms with Crippen LogP contribution in [0.25, 0.3) is 0 Å². The van der Waals surface area contributed by atoms with Crippen molar-refractivity contribution in [3.8, 4) is 5.75 Å². The van der Waals surface area contributed by atoms with E-state index in [1.807, 2.05) is 0 Å². The molecule has 4 rings (SSSR count). The monoisotopic (exact) mass is 414 g/mol. The minimum atomic E-state index is -2.54. The Morgan fingerprint density at radius 2 is 1.83 bits per heavy atom. The molecule has 1 aromatic rings. The molecule has 0 aromatic heterocycles. The highest BCUT2D eigenvalue weighted by Crippen LogP contribution is 2.52. The van der Waals surface area contributed by atoms with E-state index in [0.29, 0.717) is 5.56 Å². The number of phenols is 1. The maximum atomic E-state index is 13.3. The van der Waals surface area contributed by atoms with E-state index in [1.165, 1.54) is 6.07 Å². The summed E-state index contributed by atoms with van der Waals surface area (Å²) < 4.78 is 0. The van der Waals surface area contributed by atoms with Gasteiger partial charge >= 0.3 is 0 Å². The largest absolute Gasteiger partial charge is 0.511 e. The number of hydrogen-bond donors (Lipinski definition) is 5. The van der Waals surface area contributed by atoms with Gasteiger partial charge in [0.25, 0.3) is 5.91 Å². The topological polar surface area (TPSA) is 161 Å². The number of aliphatic hydroxyl groups excluding tert-OH is 2. The van der Waals surface area contributed by atoms with Gasteiger partial charge in [-0.25, -0.2) is 0 Å². The number of amides is 1. The number of aliphatic hydroxyl groups is 3. The van der Waals surface area contributed by atoms with E-state index in [4.69, 9.17) is 5.73 Å². The molecule has 0 bridgehead atoms. The highest BCUT2D eigenvalue weighted by molar-refractivity contribution is 6.24. The first-order valence-corrected chi connectivity index (χ1v) is 9.49. The van der Waals surface area contributed by atoms with Crippen LogP contribution in [0.4, 0.5) is 5.69 Å². The first kappa shape index (κ1) is 20.0. The zero-order chi connectivity index (χ0) is 22.1. The number of aromatic hydroxyl groups is 1. The van der Waals surface area contributed by atoms with Gasteiger partial charge in [0.05, 0.1) is 5.56 Å². The predicted octanol–water partition coefficient (Wildman–Crippen LogP) is 0.647. The van der Waals surface area contributed by atoms with Crippen molar-refractivity contribution in [1.29, 1.82) is 0 Å². The number of nitrogens with two attached hydrogens (primary N) is 1. The molecule has 3 aliphatic carbocycles. The fraction of sp³-hybridized carbons (Fsp3) is 0.381. The van der Waals surface area contributed by atoms with Gasteiger partial charge in [0.15, 0.2) is 11.4 Å². The Bertz CT molecular complexity index is 1090. The minimum Gasteiger partial charge on any atom is -0.511 e. The van der Waals surface area contributed by atoms with Gasteiger partial charge in [0.2, 0.25) is 5.78 Å². The number of primary amides is 1. The Kier molecular flexibility index (Phi) is 4.21. The number of benzene rings is 1. The average molecular weight is 414 g/mol. The Hall–Kier alpha value is -3.33. The predicted molar refractivity (Wildman–Crippen MR) is 105 cm³/mol. The van der Waals surface area contributed by atoms with Crippen LogP contribution in [0.5, 0.6) is 5.75 Å². The number of Topliss-reactive ketones (excluding diaryl/α,β-unsaturated/α-hetero) is 2. The summed E-state index contributed by atoms with van der Waals surface area (Å²) in [5, 5.41) is 42.6. The van der Waals surface area contributed by atoms with E-state index in [9.17, 15) is 34.8 Å². The quantitative estimate of drug-likeness (QED) is 0.441. The third-order valence-electron chi connectivity index (χ3n) is 6.40. The van der Waals surface area contributed by atoms with E-state index >= 15 is 0 Å². The van der Waals surface area contributed by atoms with Crippen LogP contribution < -0.4 is 10.6 Å². The number of ketones is 2. The van der Waals surface area contributed by atoms with Crippen molar-refractivity contribution in [3.63, 3.8) is 0 Å². The van der Waals surface area contributed by atoms with E-state index in [2.05, 4.69) is 0 Å². The molecule has 0 saturated heterocycles. The number of allylic oxidation sites excluding steroid dienone is 2. The summed E-state index contributed by atoms with van der Waals surface area (Å²) in [7, 11) is 3.60. The SMILES string of the molecule is CN(C)c1ccc(O)c2c1CC1CC3CC(O)=C(C(N)=O)C(=O)[C@@]3(O)C(O)=C1C2=O. The Morgan fingerprint density at radius 3 is 2.43 bits per heavy atom. The molecule has 0 spiro atoms. The fourth-order valence-corrected chi connectivity index (χ4v) is 5.02. The van der Waals surface area contributed by atoms with E-state index < -0.39 is 52.0 Å². The number of phenolic OH excluding ortho intramolecular Hbond substituents is 1. The second kappa shape index (κ2) is 6.33. The molecule has 6 N–H and O–H groups in total. The lowest BCUT2D eigenvalue weighted by atomic mass is 9.60. The normalized spacial score (nSPS) is 28.1. The number of carbonyl (C=O) groups excluding carboxylic acids is 3. The van der Waals surface area contributed by atoms with Crippen molar-refractivity contribution in [1.82, 2.24) is 0 Å². The Morgan fingerprint density at radius 1 is 1.17 bits per heavy atom. The number of fused-ring (bicyclic) bond motifs is 3. The minimum absolute atomic E-state index is 0.0119. The molecule has 0 saturated carbocycles. The number of hydrogen-bond acceptors (Lipinski definition) is 8. The molecule has 30 heavy (non-hydrogen) atoms. The molecular weight excluding hydrogens is 392 g/mol. The van der Waals surface area contributed by atoms with E-state index in [1.54, 1.807) is 25.1 Å². The van der Waals surface area contributed by atoms with Gasteiger partial charge in [0.1, 0.15) is 22.8 Å². The molecule has 1 aromatic carbocycles. The van der Waals surface area contributed by atoms with E-state index in [0.717, 1.165) is 5.69 Å². The molecule has 0 radical (unpaired) electrons. The summed E-state index contributed by atoms with van der Waals surface area (Å²) in [4.78, 5) is 39.6. The first-order valence-electron chi connectivity index (χ1n) is 9.49. The van der Waals surface area contributed by atoms with E-state index in [-0.39, 0.29) is 36.1 Å². The van der Waals surface area contributed by atoms with Gasteiger partial charge in [-0.3, -0.25) is 14.4 Å². The molecule has 0 heterocycles. The van der Waals surface area contributed by atoms with Crippen molar-refractivity contribution in [2.75, 3.05) is 19.0 Å². The van der Waals surface area contributed by atoms with Gasteiger partial charge in [0, 0.05) is 37.7 Å². The fourth-order valence-electron chi connectivity index (χ4n) is 5.02. The average Bonchev–Trinajstić information content (AvgIpc) is 2.64. The number of anilines is 1. The zero-order valence-electron chi connectivity index (χ0n) is 16.5. The van der Waals surface area contributed by atoms with Gasteiger partial charge in [-0.1, -0.05) is 0 Å². The lowest BCUT2D eigenvalue weighted by Crippen LogP contribution is -2.57. The van der Waals surface area contributed by atoms with Crippen molar-refractivity contribution >= 4 is 23.2 Å². The van der Waals surface area contributed by atoms with Gasteiger partial charge in [-0.2, -0.15) is 0 Å². The maximum absolute atomic E-state index is 13.3. The van der Waals surface area contributed by atoms with Crippen LogP contribution in [0.15, 0.2) is 34.8 Å². The van der Waals surface area contributed by atoms with Crippen LogP contribution in [-0.4, -0.2) is 57.6 Å². The summed E-state index contributed by atoms with van der Waals surface area (Å²) in [5.41, 5.74) is 3.05. The highest BCUT2D eigenvalue weighted by atomic mass is 16.3. The number of rotatable bonds is 2. The standard InChI is InChI=1S/C21H22N2O7/c1-23(2)11-3-4-12(24)15-10(11)6-8-5-9-7-13(25)16(20(22)29)19(28)21(9,30)18(27)14(8)17(15)26/h3-4,8-9,24-25,27,30H,5-7H2,1-2H3,(H2,22,29)/t8?,9?,21-/m0/s1. The molecule has 0 fully saturated rings. The van der Waals surface area contributed by atoms with Crippen LogP contribution in [0.1, 0.15) is 28.8 Å². The van der Waals surface area contributed by atoms with Crippen LogP contribution in [0.3, 0.4) is 0 Å². The molecule has 9 nitrogen and oxygen atoms in total. The third-order valence-corrected chi connectivity index (χ3v) is 6.40. The first-order chi connectivity index (χ1) is 14.0. The van der Waals surface area contributed by atoms with Crippen LogP contribution >= 0.6 is 0 Å². The molecule has 1 amide bonds. The smallest absolute Gasteiger partial charge is 0.255 e. The van der Waals surface area contributed by atoms with Crippen molar-refractivity contribution in [3.05, 3.63) is 45.9 Å². The summed E-state index contributed by atoms with van der Waals surface area (Å²) in [6.45, 7) is 0. The summed E-state index contributed by atoms with van der Waals surface area (Å²) >= 11 is 0. The lowest BCUT2D eigenvalue weighted by molar-refractivity contribution is -0.144. The van der Waals surface area contributed by atoms with Gasteiger partial charge in [-0.15, -0.1) is 0 Å². The van der Waals surface area contributed by atoms with Crippen molar-refractivity contribution in [2.24, 2.45) is 17.6 Å². The van der Waals surface area contributed by atoms with Crippen molar-refractivity contribution in [2.45, 2.75) is 24.9 Å². The molecule has 9 heteroatoms. The zero-order valence-corrected chi connectivity index (χ0v) is 16.5. The summed E-state index contributed by atoms with van der Waals surface area (Å²) in [6.07, 6.45) is 0.164. The Balaban J connectivity index is 1.92. The molecule has 158 valence electrons. The van der Waals surface area contributed by atoms with Crippen LogP contribution in [-0.2, 0) is 16.0 Å². The number of carbonyl (C=O) groups is 3. The van der Waals surface area contributed by atoms with Gasteiger partial charge in [-0.05, 0) is 36.5 Å². The van der Waals surface area contributed by atoms with Crippen LogP contribution in [0.2, 0.25) is 0 Å². The molecule has 3 aliphatic rings. The van der Waals surface area contributed by atoms with Crippen LogP contribution in [0, 0.1) is 11.8 Å². The maximum Gasteiger partial charge on any atom is 0.255 e. The van der Waals surface area contributed by atoms with Gasteiger partial charge < -0.3 is 31.1 Å². The molecule has 3 atom stereocenters. The second-order valence-corrected chi connectivity index (χ2v) is 8.26. The second-order valence-electron chi connectivity index (χ2n) is 8.26. The molecular formula is C21H22N2O7. The summed E-state index contributed by atoms with van der Waals surface area (Å²) in [5.74, 6) is -6.24.